The van der Waals surface area contributed by atoms with Gasteiger partial charge in [0.15, 0.2) is 5.78 Å². The Balaban J connectivity index is 2.12. The zero-order valence-electron chi connectivity index (χ0n) is 15.7. The summed E-state index contributed by atoms with van der Waals surface area (Å²) in [6, 6.07) is 12.1. The number of nitrogens with one attached hydrogen (secondary N) is 1. The first-order chi connectivity index (χ1) is 12.3. The fourth-order valence-corrected chi connectivity index (χ4v) is 4.35. The van der Waals surface area contributed by atoms with E-state index in [0.717, 1.165) is 16.8 Å². The quantitative estimate of drug-likeness (QED) is 0.717. The van der Waals surface area contributed by atoms with Gasteiger partial charge in [-0.25, -0.2) is 8.42 Å². The van der Waals surface area contributed by atoms with Crippen molar-refractivity contribution in [2.24, 2.45) is 0 Å². The molecule has 0 aliphatic carbocycles. The van der Waals surface area contributed by atoms with E-state index >= 15 is 0 Å². The third-order valence-electron chi connectivity index (χ3n) is 4.43. The van der Waals surface area contributed by atoms with E-state index in [2.05, 4.69) is 5.32 Å². The second-order valence-electron chi connectivity index (χ2n) is 6.16. The number of carbonyl (C=O) groups excluding carboxylic acids is 1. The SMILES string of the molecule is CCN(CC)S(=O)(=O)c1ccc(C(=O)CNc2c(C)cccc2C)cc1. The van der Waals surface area contributed by atoms with Crippen LogP contribution in [-0.4, -0.2) is 38.1 Å². The number of hydrogen-bond donors (Lipinski definition) is 1. The lowest BCUT2D eigenvalue weighted by atomic mass is 10.1. The third-order valence-corrected chi connectivity index (χ3v) is 6.49. The predicted molar refractivity (Wildman–Crippen MR) is 105 cm³/mol. The largest absolute Gasteiger partial charge is 0.377 e. The number of hydrogen-bond acceptors (Lipinski definition) is 4. The van der Waals surface area contributed by atoms with E-state index < -0.39 is 10.0 Å². The maximum atomic E-state index is 12.5. The van der Waals surface area contributed by atoms with Crippen LogP contribution in [-0.2, 0) is 10.0 Å². The van der Waals surface area contributed by atoms with Crippen LogP contribution < -0.4 is 5.32 Å². The van der Waals surface area contributed by atoms with Crippen molar-refractivity contribution in [1.82, 2.24) is 4.31 Å². The Morgan fingerprint density at radius 2 is 1.50 bits per heavy atom. The second kappa shape index (κ2) is 8.47. The Hall–Kier alpha value is -2.18. The van der Waals surface area contributed by atoms with E-state index in [9.17, 15) is 13.2 Å². The van der Waals surface area contributed by atoms with Crippen molar-refractivity contribution < 1.29 is 13.2 Å². The number of sulfonamides is 1. The number of para-hydroxylation sites is 1. The second-order valence-corrected chi connectivity index (χ2v) is 8.10. The Morgan fingerprint density at radius 1 is 0.962 bits per heavy atom. The first kappa shape index (κ1) is 20.1. The zero-order valence-corrected chi connectivity index (χ0v) is 16.6. The van der Waals surface area contributed by atoms with Gasteiger partial charge < -0.3 is 5.32 Å². The first-order valence-corrected chi connectivity index (χ1v) is 10.2. The molecule has 1 N–H and O–H groups in total. The summed E-state index contributed by atoms with van der Waals surface area (Å²) in [4.78, 5) is 12.6. The van der Waals surface area contributed by atoms with Gasteiger partial charge in [0.1, 0.15) is 0 Å². The van der Waals surface area contributed by atoms with Crippen LogP contribution in [0.15, 0.2) is 47.4 Å². The molecule has 0 saturated heterocycles. The molecule has 0 heterocycles. The molecule has 0 spiro atoms. The number of benzene rings is 2. The van der Waals surface area contributed by atoms with Crippen molar-refractivity contribution in [2.75, 3.05) is 25.0 Å². The molecule has 0 bridgehead atoms. The number of anilines is 1. The third kappa shape index (κ3) is 4.31. The number of ketones is 1. The molecule has 0 atom stereocenters. The van der Waals surface area contributed by atoms with Gasteiger partial charge >= 0.3 is 0 Å². The van der Waals surface area contributed by atoms with Gasteiger partial charge in [0.05, 0.1) is 11.4 Å². The highest BCUT2D eigenvalue weighted by Crippen LogP contribution is 2.20. The van der Waals surface area contributed by atoms with Crippen LogP contribution in [0.2, 0.25) is 0 Å². The van der Waals surface area contributed by atoms with Gasteiger partial charge in [-0.05, 0) is 49.2 Å². The molecule has 26 heavy (non-hydrogen) atoms. The molecule has 0 aliphatic rings. The van der Waals surface area contributed by atoms with E-state index in [1.54, 1.807) is 26.0 Å². The molecular weight excluding hydrogens is 348 g/mol. The average molecular weight is 375 g/mol. The zero-order chi connectivity index (χ0) is 19.3. The molecule has 6 heteroatoms. The van der Waals surface area contributed by atoms with Gasteiger partial charge in [0.2, 0.25) is 10.0 Å². The van der Waals surface area contributed by atoms with Gasteiger partial charge in [-0.3, -0.25) is 4.79 Å². The summed E-state index contributed by atoms with van der Waals surface area (Å²) in [6.45, 7) is 8.59. The number of carbonyl (C=O) groups is 1. The summed E-state index contributed by atoms with van der Waals surface area (Å²) >= 11 is 0. The summed E-state index contributed by atoms with van der Waals surface area (Å²) in [6.07, 6.45) is 0. The van der Waals surface area contributed by atoms with Crippen LogP contribution in [0.5, 0.6) is 0 Å². The number of nitrogens with zero attached hydrogens (tertiary/aromatic N) is 1. The molecule has 0 amide bonds. The molecule has 0 radical (unpaired) electrons. The van der Waals surface area contributed by atoms with Crippen molar-refractivity contribution in [2.45, 2.75) is 32.6 Å². The van der Waals surface area contributed by atoms with Crippen molar-refractivity contribution >= 4 is 21.5 Å². The number of Topliss-reactive ketones (excluding diaryl/α,β-unsaturated/α-hetero) is 1. The highest BCUT2D eigenvalue weighted by Gasteiger charge is 2.21. The van der Waals surface area contributed by atoms with Crippen LogP contribution in [0.3, 0.4) is 0 Å². The van der Waals surface area contributed by atoms with E-state index in [0.29, 0.717) is 18.7 Å². The van der Waals surface area contributed by atoms with Gasteiger partial charge in [0, 0.05) is 24.3 Å². The van der Waals surface area contributed by atoms with Crippen molar-refractivity contribution in [3.63, 3.8) is 0 Å². The topological polar surface area (TPSA) is 66.5 Å². The van der Waals surface area contributed by atoms with Crippen LogP contribution in [0, 0.1) is 13.8 Å². The molecule has 0 aliphatic heterocycles. The predicted octanol–water partition coefficient (Wildman–Crippen LogP) is 3.63. The maximum Gasteiger partial charge on any atom is 0.243 e. The molecule has 2 aromatic rings. The Labute approximate surface area is 156 Å². The minimum absolute atomic E-state index is 0.0839. The summed E-state index contributed by atoms with van der Waals surface area (Å²) in [5.74, 6) is -0.0839. The lowest BCUT2D eigenvalue weighted by molar-refractivity contribution is 0.101. The Bertz CT molecular complexity index is 850. The lowest BCUT2D eigenvalue weighted by Crippen LogP contribution is -2.30. The van der Waals surface area contributed by atoms with Crippen LogP contribution >= 0.6 is 0 Å². The van der Waals surface area contributed by atoms with Gasteiger partial charge in [-0.1, -0.05) is 32.0 Å². The van der Waals surface area contributed by atoms with Crippen molar-refractivity contribution in [1.29, 1.82) is 0 Å². The van der Waals surface area contributed by atoms with Crippen molar-refractivity contribution in [3.05, 3.63) is 59.2 Å². The van der Waals surface area contributed by atoms with E-state index in [1.165, 1.54) is 16.4 Å². The van der Waals surface area contributed by atoms with E-state index in [1.807, 2.05) is 32.0 Å². The molecule has 140 valence electrons. The molecule has 0 aromatic heterocycles. The summed E-state index contributed by atoms with van der Waals surface area (Å²) in [5, 5.41) is 3.18. The summed E-state index contributed by atoms with van der Waals surface area (Å²) in [7, 11) is -3.50. The maximum absolute atomic E-state index is 12.5. The number of aryl methyl sites for hydroxylation is 2. The normalized spacial score (nSPS) is 11.6. The van der Waals surface area contributed by atoms with E-state index in [-0.39, 0.29) is 17.2 Å². The van der Waals surface area contributed by atoms with Crippen LogP contribution in [0.25, 0.3) is 0 Å². The smallest absolute Gasteiger partial charge is 0.243 e. The lowest BCUT2D eigenvalue weighted by Gasteiger charge is -2.18. The average Bonchev–Trinajstić information content (AvgIpc) is 2.62. The standard InChI is InChI=1S/C20H26N2O3S/c1-5-22(6-2)26(24,25)18-12-10-17(11-13-18)19(23)14-21-20-15(3)8-7-9-16(20)4/h7-13,21H,5-6,14H2,1-4H3. The first-order valence-electron chi connectivity index (χ1n) is 8.74. The van der Waals surface area contributed by atoms with Crippen LogP contribution in [0.4, 0.5) is 5.69 Å². The molecule has 0 saturated carbocycles. The molecule has 5 nitrogen and oxygen atoms in total. The van der Waals surface area contributed by atoms with Gasteiger partial charge in [-0.15, -0.1) is 0 Å². The fourth-order valence-electron chi connectivity index (χ4n) is 2.89. The monoisotopic (exact) mass is 374 g/mol. The molecule has 2 rings (SSSR count). The highest BCUT2D eigenvalue weighted by molar-refractivity contribution is 7.89. The van der Waals surface area contributed by atoms with Crippen LogP contribution in [0.1, 0.15) is 35.3 Å². The molecule has 0 unspecified atom stereocenters. The van der Waals surface area contributed by atoms with Gasteiger partial charge in [-0.2, -0.15) is 4.31 Å². The molecular formula is C20H26N2O3S. The molecule has 0 fully saturated rings. The Morgan fingerprint density at radius 3 is 2.00 bits per heavy atom. The number of rotatable bonds is 8. The summed E-state index contributed by atoms with van der Waals surface area (Å²) < 4.78 is 26.4. The van der Waals surface area contributed by atoms with Gasteiger partial charge in [0.25, 0.3) is 0 Å². The summed E-state index contributed by atoms with van der Waals surface area (Å²) in [5.41, 5.74) is 3.61. The molecule has 2 aromatic carbocycles. The fraction of sp³-hybridized carbons (Fsp3) is 0.350. The minimum Gasteiger partial charge on any atom is -0.377 e. The Kier molecular flexibility index (Phi) is 6.56. The van der Waals surface area contributed by atoms with E-state index in [4.69, 9.17) is 0 Å². The highest BCUT2D eigenvalue weighted by atomic mass is 32.2. The minimum atomic E-state index is -3.50. The van der Waals surface area contributed by atoms with Crippen molar-refractivity contribution in [3.8, 4) is 0 Å².